The zero-order valence-corrected chi connectivity index (χ0v) is 23.8. The van der Waals surface area contributed by atoms with E-state index in [1.54, 1.807) is 37.7 Å². The lowest BCUT2D eigenvalue weighted by Gasteiger charge is -2.23. The second-order valence-corrected chi connectivity index (χ2v) is 12.1. The van der Waals surface area contributed by atoms with E-state index in [1.807, 2.05) is 12.1 Å². The maximum absolute atomic E-state index is 14.2. The number of carbonyl (C=O) groups excluding carboxylic acids is 2. The predicted octanol–water partition coefficient (Wildman–Crippen LogP) is 6.41. The van der Waals surface area contributed by atoms with Gasteiger partial charge in [-0.3, -0.25) is 19.4 Å². The van der Waals surface area contributed by atoms with Crippen LogP contribution >= 0.6 is 11.8 Å². The number of para-hydroxylation sites is 1. The third-order valence-electron chi connectivity index (χ3n) is 7.34. The number of imide groups is 1. The molecule has 8 nitrogen and oxygen atoms in total. The van der Waals surface area contributed by atoms with Gasteiger partial charge in [0.05, 0.1) is 15.9 Å². The molecule has 3 heterocycles. The van der Waals surface area contributed by atoms with Gasteiger partial charge in [0.25, 0.3) is 0 Å². The van der Waals surface area contributed by atoms with Crippen molar-refractivity contribution in [1.29, 1.82) is 0 Å². The van der Waals surface area contributed by atoms with Crippen LogP contribution in [-0.4, -0.2) is 56.6 Å². The minimum Gasteiger partial charge on any atom is -0.456 e. The fourth-order valence-electron chi connectivity index (χ4n) is 5.01. The summed E-state index contributed by atoms with van der Waals surface area (Å²) in [6.07, 6.45) is -2.29. The average molecular weight is 589 g/mol. The zero-order valence-electron chi connectivity index (χ0n) is 23.0. The summed E-state index contributed by atoms with van der Waals surface area (Å²) >= 11 is 1.56. The molecule has 1 unspecified atom stereocenters. The van der Waals surface area contributed by atoms with Crippen molar-refractivity contribution >= 4 is 23.6 Å². The molecule has 0 saturated carbocycles. The number of alkyl halides is 3. The number of halogens is 3. The third-order valence-corrected chi connectivity index (χ3v) is 8.63. The summed E-state index contributed by atoms with van der Waals surface area (Å²) in [5.41, 5.74) is -1.76. The number of ether oxygens (including phenoxy) is 1. The number of carbonyl (C=O) groups is 2. The van der Waals surface area contributed by atoms with Gasteiger partial charge in [-0.1, -0.05) is 31.1 Å². The monoisotopic (exact) mass is 588 g/mol. The minimum absolute atomic E-state index is 0.0533. The molecule has 2 fully saturated rings. The first-order valence-electron chi connectivity index (χ1n) is 13.4. The van der Waals surface area contributed by atoms with Gasteiger partial charge < -0.3 is 9.26 Å². The first-order chi connectivity index (χ1) is 19.4. The molecular weight excluding hydrogens is 557 g/mol. The van der Waals surface area contributed by atoms with E-state index in [9.17, 15) is 22.8 Å². The van der Waals surface area contributed by atoms with Crippen molar-refractivity contribution in [2.24, 2.45) is 5.41 Å². The molecule has 218 valence electrons. The molecule has 0 aliphatic carbocycles. The molecule has 2 aliphatic rings. The van der Waals surface area contributed by atoms with Gasteiger partial charge in [-0.25, -0.2) is 0 Å². The van der Waals surface area contributed by atoms with E-state index in [0.717, 1.165) is 34.7 Å². The first-order valence-corrected chi connectivity index (χ1v) is 14.4. The molecule has 0 spiro atoms. The lowest BCUT2D eigenvalue weighted by molar-refractivity contribution is -0.142. The predicted molar refractivity (Wildman–Crippen MR) is 146 cm³/mol. The Morgan fingerprint density at radius 3 is 2.51 bits per heavy atom. The summed E-state index contributed by atoms with van der Waals surface area (Å²) < 4.78 is 53.5. The van der Waals surface area contributed by atoms with Crippen LogP contribution in [0.5, 0.6) is 11.5 Å². The van der Waals surface area contributed by atoms with E-state index in [0.29, 0.717) is 11.8 Å². The van der Waals surface area contributed by atoms with Crippen LogP contribution in [0.2, 0.25) is 0 Å². The zero-order chi connectivity index (χ0) is 29.4. The SMILES string of the molecule is CC(CSc1ccccc1Oc1ccc(-c2noc(CN3C(=O)CC(C)(C)C3=O)n2)cc1C(F)(F)F)N1CCCC1. The summed E-state index contributed by atoms with van der Waals surface area (Å²) in [4.78, 5) is 33.1. The Balaban J connectivity index is 1.34. The number of aromatic nitrogens is 2. The summed E-state index contributed by atoms with van der Waals surface area (Å²) in [7, 11) is 0. The van der Waals surface area contributed by atoms with Crippen molar-refractivity contribution in [3.05, 3.63) is 53.9 Å². The van der Waals surface area contributed by atoms with Gasteiger partial charge in [-0.15, -0.1) is 11.8 Å². The van der Waals surface area contributed by atoms with Gasteiger partial charge in [-0.2, -0.15) is 18.2 Å². The molecule has 41 heavy (non-hydrogen) atoms. The number of nitrogens with zero attached hydrogens (tertiary/aromatic N) is 4. The van der Waals surface area contributed by atoms with Crippen molar-refractivity contribution in [3.63, 3.8) is 0 Å². The van der Waals surface area contributed by atoms with Crippen LogP contribution in [0.15, 0.2) is 51.9 Å². The van der Waals surface area contributed by atoms with Crippen LogP contribution < -0.4 is 4.74 Å². The topological polar surface area (TPSA) is 88.8 Å². The minimum atomic E-state index is -4.72. The normalized spacial score (nSPS) is 18.3. The van der Waals surface area contributed by atoms with Gasteiger partial charge >= 0.3 is 6.18 Å². The molecule has 0 bridgehead atoms. The Kier molecular flexibility index (Phi) is 8.15. The molecular formula is C29H31F3N4O4S. The van der Waals surface area contributed by atoms with Gasteiger partial charge in [-0.05, 0) is 63.2 Å². The Hall–Kier alpha value is -3.38. The molecule has 12 heteroatoms. The number of thioether (sulfide) groups is 1. The fourth-order valence-corrected chi connectivity index (χ4v) is 6.07. The molecule has 2 saturated heterocycles. The van der Waals surface area contributed by atoms with Crippen molar-refractivity contribution in [1.82, 2.24) is 19.9 Å². The number of amides is 2. The average Bonchev–Trinajstić information content (AvgIpc) is 3.66. The lowest BCUT2D eigenvalue weighted by Crippen LogP contribution is -2.32. The molecule has 2 amide bonds. The number of benzene rings is 2. The number of likely N-dealkylation sites (tertiary alicyclic amines) is 2. The quantitative estimate of drug-likeness (QED) is 0.209. The van der Waals surface area contributed by atoms with Gasteiger partial charge in [0.2, 0.25) is 23.5 Å². The van der Waals surface area contributed by atoms with Crippen molar-refractivity contribution in [2.45, 2.75) is 63.7 Å². The molecule has 1 atom stereocenters. The van der Waals surface area contributed by atoms with Crippen LogP contribution in [0.4, 0.5) is 13.2 Å². The maximum Gasteiger partial charge on any atom is 0.420 e. The van der Waals surface area contributed by atoms with Crippen LogP contribution in [0.25, 0.3) is 11.4 Å². The van der Waals surface area contributed by atoms with Crippen LogP contribution in [0, 0.1) is 5.41 Å². The summed E-state index contributed by atoms with van der Waals surface area (Å²) in [5, 5.41) is 3.79. The Labute approximate surface area is 240 Å². The van der Waals surface area contributed by atoms with Crippen molar-refractivity contribution < 1.29 is 32.0 Å². The Bertz CT molecular complexity index is 1440. The second-order valence-electron chi connectivity index (χ2n) is 11.0. The molecule has 5 rings (SSSR count). The molecule has 2 aromatic carbocycles. The number of hydrogen-bond acceptors (Lipinski definition) is 8. The van der Waals surface area contributed by atoms with Crippen molar-refractivity contribution in [3.8, 4) is 22.9 Å². The van der Waals surface area contributed by atoms with E-state index in [4.69, 9.17) is 9.26 Å². The van der Waals surface area contributed by atoms with E-state index in [2.05, 4.69) is 22.0 Å². The van der Waals surface area contributed by atoms with E-state index in [1.165, 1.54) is 25.0 Å². The maximum atomic E-state index is 14.2. The Morgan fingerprint density at radius 2 is 1.83 bits per heavy atom. The summed E-state index contributed by atoms with van der Waals surface area (Å²) in [5.74, 6) is -0.103. The second kappa shape index (κ2) is 11.5. The molecule has 0 N–H and O–H groups in total. The standard InChI is InChI=1S/C29H31F3N4O4S/c1-18(35-12-6-7-13-35)17-41-23-9-5-4-8-22(23)39-21-11-10-19(14-20(21)29(30,31)32)26-33-24(40-34-26)16-36-25(37)15-28(2,3)27(36)38/h4-5,8-11,14,18H,6-7,12-13,15-17H2,1-3H3. The molecule has 1 aromatic heterocycles. The number of hydrogen-bond donors (Lipinski definition) is 0. The molecule has 3 aromatic rings. The highest BCUT2D eigenvalue weighted by Crippen LogP contribution is 2.42. The van der Waals surface area contributed by atoms with Crippen LogP contribution in [0.1, 0.15) is 51.5 Å². The lowest BCUT2D eigenvalue weighted by atomic mass is 9.92. The Morgan fingerprint density at radius 1 is 1.10 bits per heavy atom. The first kappa shape index (κ1) is 29.1. The van der Waals surface area contributed by atoms with Crippen LogP contribution in [-0.2, 0) is 22.3 Å². The smallest absolute Gasteiger partial charge is 0.420 e. The largest absolute Gasteiger partial charge is 0.456 e. The van der Waals surface area contributed by atoms with Gasteiger partial charge in [0, 0.05) is 23.8 Å². The van der Waals surface area contributed by atoms with E-state index in [-0.39, 0.29) is 47.8 Å². The van der Waals surface area contributed by atoms with Gasteiger partial charge in [0.15, 0.2) is 0 Å². The fraction of sp³-hybridized carbons (Fsp3) is 0.448. The van der Waals surface area contributed by atoms with E-state index >= 15 is 0 Å². The summed E-state index contributed by atoms with van der Waals surface area (Å²) in [6, 6.07) is 11.0. The molecule has 0 radical (unpaired) electrons. The van der Waals surface area contributed by atoms with Gasteiger partial charge in [0.1, 0.15) is 18.0 Å². The molecule has 2 aliphatic heterocycles. The highest BCUT2D eigenvalue weighted by Gasteiger charge is 2.45. The van der Waals surface area contributed by atoms with Crippen LogP contribution in [0.3, 0.4) is 0 Å². The highest BCUT2D eigenvalue weighted by molar-refractivity contribution is 7.99. The third kappa shape index (κ3) is 6.43. The highest BCUT2D eigenvalue weighted by atomic mass is 32.2. The summed E-state index contributed by atoms with van der Waals surface area (Å²) in [6.45, 7) is 7.38. The number of rotatable bonds is 9. The van der Waals surface area contributed by atoms with Crippen molar-refractivity contribution in [2.75, 3.05) is 18.8 Å². The van der Waals surface area contributed by atoms with E-state index < -0.39 is 17.2 Å².